The van der Waals surface area contributed by atoms with Crippen molar-refractivity contribution in [2.45, 2.75) is 18.4 Å². The number of aliphatic carboxylic acids is 1. The van der Waals surface area contributed by atoms with Gasteiger partial charge in [-0.05, 0) is 25.3 Å². The summed E-state index contributed by atoms with van der Waals surface area (Å²) in [5.74, 6) is -0.222. The van der Waals surface area contributed by atoms with E-state index in [0.717, 1.165) is 19.4 Å². The maximum atomic E-state index is 10.5. The lowest BCUT2D eigenvalue weighted by Gasteiger charge is -2.04. The van der Waals surface area contributed by atoms with E-state index in [1.54, 1.807) is 0 Å². The average Bonchev–Trinajstić information content (AvgIpc) is 2.38. The van der Waals surface area contributed by atoms with Gasteiger partial charge in [0, 0.05) is 0 Å². The van der Waals surface area contributed by atoms with Crippen molar-refractivity contribution in [3.63, 3.8) is 0 Å². The fourth-order valence-electron chi connectivity index (χ4n) is 1.70. The second kappa shape index (κ2) is 2.10. The molecule has 0 aromatic rings. The van der Waals surface area contributed by atoms with Crippen LogP contribution in [0.5, 0.6) is 0 Å². The molecule has 0 aromatic heterocycles. The Morgan fingerprint density at radius 2 is 2.40 bits per heavy atom. The van der Waals surface area contributed by atoms with Crippen LogP contribution < -0.4 is 5.32 Å². The third-order valence-corrected chi connectivity index (χ3v) is 2.42. The number of fused-ring (bicyclic) bond motifs is 1. The van der Waals surface area contributed by atoms with Crippen molar-refractivity contribution < 1.29 is 9.90 Å². The molecule has 10 heavy (non-hydrogen) atoms. The predicted octanol–water partition coefficient (Wildman–Crippen LogP) is 0.245. The molecule has 2 fully saturated rings. The van der Waals surface area contributed by atoms with Crippen molar-refractivity contribution >= 4 is 18.4 Å². The van der Waals surface area contributed by atoms with Gasteiger partial charge in [-0.3, -0.25) is 4.79 Å². The van der Waals surface area contributed by atoms with Gasteiger partial charge in [0.25, 0.3) is 0 Å². The zero-order chi connectivity index (χ0) is 6.48. The molecule has 2 unspecified atom stereocenters. The van der Waals surface area contributed by atoms with Crippen molar-refractivity contribution in [1.29, 1.82) is 0 Å². The number of rotatable bonds is 1. The van der Waals surface area contributed by atoms with Crippen LogP contribution in [0.15, 0.2) is 0 Å². The molecule has 2 atom stereocenters. The Morgan fingerprint density at radius 3 is 2.60 bits per heavy atom. The van der Waals surface area contributed by atoms with E-state index in [2.05, 4.69) is 5.32 Å². The summed E-state index contributed by atoms with van der Waals surface area (Å²) < 4.78 is 0. The van der Waals surface area contributed by atoms with Crippen LogP contribution in [-0.2, 0) is 4.79 Å². The molecule has 0 aromatic carbocycles. The van der Waals surface area contributed by atoms with Gasteiger partial charge in [0.05, 0.1) is 0 Å². The van der Waals surface area contributed by atoms with Gasteiger partial charge in [0.15, 0.2) is 0 Å². The Labute approximate surface area is 65.2 Å². The lowest BCUT2D eigenvalue weighted by atomic mass is 10.2. The maximum Gasteiger partial charge on any atom is 0.324 e. The molecular weight excluding hydrogens is 154 g/mol. The molecule has 1 aliphatic heterocycles. The molecule has 2 aliphatic rings. The Bertz CT molecular complexity index is 173. The van der Waals surface area contributed by atoms with Crippen LogP contribution in [0.3, 0.4) is 0 Å². The second-order valence-electron chi connectivity index (χ2n) is 2.89. The summed E-state index contributed by atoms with van der Waals surface area (Å²) in [7, 11) is 0. The summed E-state index contributed by atoms with van der Waals surface area (Å²) in [4.78, 5) is 10.5. The van der Waals surface area contributed by atoms with Gasteiger partial charge >= 0.3 is 5.97 Å². The SMILES string of the molecule is Cl.O=C(O)C12CC1CCN2. The van der Waals surface area contributed by atoms with Crippen LogP contribution in [0.1, 0.15) is 12.8 Å². The molecule has 0 amide bonds. The van der Waals surface area contributed by atoms with Crippen molar-refractivity contribution in [1.82, 2.24) is 5.32 Å². The van der Waals surface area contributed by atoms with Gasteiger partial charge in [0.2, 0.25) is 0 Å². The number of nitrogens with one attached hydrogen (secondary N) is 1. The van der Waals surface area contributed by atoms with Crippen molar-refractivity contribution in [3.8, 4) is 0 Å². The summed E-state index contributed by atoms with van der Waals surface area (Å²) in [6.45, 7) is 0.886. The lowest BCUT2D eigenvalue weighted by Crippen LogP contribution is -2.36. The van der Waals surface area contributed by atoms with Gasteiger partial charge < -0.3 is 10.4 Å². The number of halogens is 1. The minimum absolute atomic E-state index is 0. The first-order chi connectivity index (χ1) is 4.26. The van der Waals surface area contributed by atoms with Gasteiger partial charge in [-0.2, -0.15) is 0 Å². The fraction of sp³-hybridized carbons (Fsp3) is 0.833. The number of carboxylic acid groups (broad SMARTS) is 1. The highest BCUT2D eigenvalue weighted by Gasteiger charge is 2.62. The molecule has 2 rings (SSSR count). The first-order valence-electron chi connectivity index (χ1n) is 3.24. The molecule has 4 heteroatoms. The first kappa shape index (κ1) is 7.82. The summed E-state index contributed by atoms with van der Waals surface area (Å²) in [6, 6.07) is 0. The smallest absolute Gasteiger partial charge is 0.324 e. The minimum Gasteiger partial charge on any atom is -0.480 e. The molecular formula is C6H10ClNO2. The van der Waals surface area contributed by atoms with Crippen molar-refractivity contribution in [3.05, 3.63) is 0 Å². The molecule has 0 radical (unpaired) electrons. The second-order valence-corrected chi connectivity index (χ2v) is 2.89. The van der Waals surface area contributed by atoms with Gasteiger partial charge in [-0.1, -0.05) is 0 Å². The monoisotopic (exact) mass is 163 g/mol. The number of carboxylic acids is 1. The van der Waals surface area contributed by atoms with Gasteiger partial charge in [-0.15, -0.1) is 12.4 Å². The molecule has 3 nitrogen and oxygen atoms in total. The predicted molar refractivity (Wildman–Crippen MR) is 38.3 cm³/mol. The fourth-order valence-corrected chi connectivity index (χ4v) is 1.70. The van der Waals surface area contributed by atoms with Crippen LogP contribution in [-0.4, -0.2) is 23.2 Å². The highest BCUT2D eigenvalue weighted by atomic mass is 35.5. The average molecular weight is 164 g/mol. The molecule has 1 saturated carbocycles. The van der Waals surface area contributed by atoms with E-state index in [9.17, 15) is 4.79 Å². The van der Waals surface area contributed by atoms with Crippen LogP contribution in [0.2, 0.25) is 0 Å². The highest BCUT2D eigenvalue weighted by Crippen LogP contribution is 2.49. The molecule has 0 bridgehead atoms. The number of hydrogen-bond acceptors (Lipinski definition) is 2. The maximum absolute atomic E-state index is 10.5. The van der Waals surface area contributed by atoms with Crippen LogP contribution in [0.25, 0.3) is 0 Å². The number of hydrogen-bond donors (Lipinski definition) is 2. The standard InChI is InChI=1S/C6H9NO2.ClH/c8-5(9)6-3-4(6)1-2-7-6;/h4,7H,1-3H2,(H,8,9);1H. The zero-order valence-electron chi connectivity index (χ0n) is 5.46. The van der Waals surface area contributed by atoms with Crippen LogP contribution >= 0.6 is 12.4 Å². The number of carbonyl (C=O) groups is 1. The number of piperidine rings is 1. The third kappa shape index (κ3) is 0.739. The Morgan fingerprint density at radius 1 is 1.70 bits per heavy atom. The van der Waals surface area contributed by atoms with Gasteiger partial charge in [0.1, 0.15) is 5.54 Å². The minimum atomic E-state index is -0.662. The quantitative estimate of drug-likeness (QED) is 0.583. The Hall–Kier alpha value is -0.280. The molecule has 58 valence electrons. The van der Waals surface area contributed by atoms with E-state index < -0.39 is 11.5 Å². The van der Waals surface area contributed by atoms with E-state index >= 15 is 0 Å². The van der Waals surface area contributed by atoms with E-state index in [4.69, 9.17) is 5.11 Å². The third-order valence-electron chi connectivity index (χ3n) is 2.42. The van der Waals surface area contributed by atoms with E-state index in [-0.39, 0.29) is 12.4 Å². The van der Waals surface area contributed by atoms with Crippen LogP contribution in [0.4, 0.5) is 0 Å². The summed E-state index contributed by atoms with van der Waals surface area (Å²) in [5, 5.41) is 11.7. The summed E-state index contributed by atoms with van der Waals surface area (Å²) in [5.41, 5.74) is -0.472. The molecule has 2 N–H and O–H groups in total. The molecule has 1 heterocycles. The normalized spacial score (nSPS) is 41.8. The molecule has 0 spiro atoms. The van der Waals surface area contributed by atoms with E-state index in [0.29, 0.717) is 5.92 Å². The highest BCUT2D eigenvalue weighted by molar-refractivity contribution is 5.85. The Kier molecular flexibility index (Phi) is 1.65. The van der Waals surface area contributed by atoms with Crippen LogP contribution in [0, 0.1) is 5.92 Å². The lowest BCUT2D eigenvalue weighted by molar-refractivity contribution is -0.140. The largest absolute Gasteiger partial charge is 0.480 e. The first-order valence-corrected chi connectivity index (χ1v) is 3.24. The molecule has 1 saturated heterocycles. The van der Waals surface area contributed by atoms with E-state index in [1.165, 1.54) is 0 Å². The summed E-state index contributed by atoms with van der Waals surface area (Å²) in [6.07, 6.45) is 1.90. The van der Waals surface area contributed by atoms with E-state index in [1.807, 2.05) is 0 Å². The molecule has 1 aliphatic carbocycles. The Balaban J connectivity index is 0.000000500. The van der Waals surface area contributed by atoms with Crippen molar-refractivity contribution in [2.24, 2.45) is 5.92 Å². The van der Waals surface area contributed by atoms with Gasteiger partial charge in [-0.25, -0.2) is 0 Å². The summed E-state index contributed by atoms with van der Waals surface area (Å²) >= 11 is 0. The van der Waals surface area contributed by atoms with Crippen molar-refractivity contribution in [2.75, 3.05) is 6.54 Å². The zero-order valence-corrected chi connectivity index (χ0v) is 6.28. The topological polar surface area (TPSA) is 49.3 Å².